The van der Waals surface area contributed by atoms with E-state index in [0.717, 1.165) is 0 Å². The van der Waals surface area contributed by atoms with Gasteiger partial charge in [0.25, 0.3) is 5.56 Å². The third kappa shape index (κ3) is 2.67. The summed E-state index contributed by atoms with van der Waals surface area (Å²) in [6.45, 7) is 0.0618. The van der Waals surface area contributed by atoms with Gasteiger partial charge >= 0.3 is 5.69 Å². The molecule has 8 nitrogen and oxygen atoms in total. The Morgan fingerprint density at radius 3 is 3.06 bits per heavy atom. The number of ether oxygens (including phenoxy) is 1. The van der Waals surface area contributed by atoms with Crippen molar-refractivity contribution in [1.82, 2.24) is 9.55 Å². The fourth-order valence-corrected chi connectivity index (χ4v) is 1.83. The van der Waals surface area contributed by atoms with Crippen LogP contribution >= 0.6 is 0 Å². The quantitative estimate of drug-likeness (QED) is 0.517. The van der Waals surface area contributed by atoms with Gasteiger partial charge in [-0.15, -0.1) is 0 Å². The van der Waals surface area contributed by atoms with E-state index in [9.17, 15) is 14.7 Å². The number of aliphatic hydroxyl groups is 1. The lowest BCUT2D eigenvalue weighted by Gasteiger charge is -2.14. The summed E-state index contributed by atoms with van der Waals surface area (Å²) in [5, 5.41) is 9.74. The maximum absolute atomic E-state index is 11.5. The van der Waals surface area contributed by atoms with Crippen molar-refractivity contribution >= 4 is 0 Å². The molecule has 1 aliphatic heterocycles. The minimum Gasteiger partial charge on any atom is -0.390 e. The van der Waals surface area contributed by atoms with E-state index in [2.05, 4.69) is 9.87 Å². The topological polar surface area (TPSA) is 103 Å². The van der Waals surface area contributed by atoms with E-state index < -0.39 is 29.7 Å². The number of nitrogens with zero attached hydrogens (tertiary/aromatic N) is 1. The van der Waals surface area contributed by atoms with Gasteiger partial charge in [0.05, 0.1) is 13.2 Å². The summed E-state index contributed by atoms with van der Waals surface area (Å²) >= 11 is 0. The highest BCUT2D eigenvalue weighted by atomic mass is 17.2. The zero-order chi connectivity index (χ0) is 13.1. The van der Waals surface area contributed by atoms with Gasteiger partial charge in [-0.2, -0.15) is 0 Å². The average molecular weight is 258 g/mol. The highest BCUT2D eigenvalue weighted by Crippen LogP contribution is 2.27. The summed E-state index contributed by atoms with van der Waals surface area (Å²) in [6, 6.07) is 1.22. The van der Waals surface area contributed by atoms with E-state index in [1.54, 1.807) is 0 Å². The number of aromatic amines is 1. The van der Waals surface area contributed by atoms with Crippen LogP contribution < -0.4 is 11.2 Å². The van der Waals surface area contributed by atoms with Gasteiger partial charge in [-0.3, -0.25) is 14.3 Å². The SMILES string of the molecule is COOC[C@H]1O[C@@H](n2ccc(=O)[nH]c2=O)C[C@@H]1O. The first-order chi connectivity index (χ1) is 8.61. The Morgan fingerprint density at radius 2 is 2.39 bits per heavy atom. The van der Waals surface area contributed by atoms with Gasteiger partial charge in [-0.1, -0.05) is 0 Å². The van der Waals surface area contributed by atoms with Crippen molar-refractivity contribution < 1.29 is 19.6 Å². The molecule has 0 bridgehead atoms. The van der Waals surface area contributed by atoms with Crippen molar-refractivity contribution in [2.45, 2.75) is 24.9 Å². The normalized spacial score (nSPS) is 27.6. The molecule has 1 aliphatic rings. The summed E-state index contributed by atoms with van der Waals surface area (Å²) in [5.41, 5.74) is -1.05. The molecule has 8 heteroatoms. The fourth-order valence-electron chi connectivity index (χ4n) is 1.83. The molecular formula is C10H14N2O6. The van der Waals surface area contributed by atoms with Crippen LogP contribution in [0.15, 0.2) is 21.9 Å². The van der Waals surface area contributed by atoms with Crippen molar-refractivity contribution in [3.8, 4) is 0 Å². The number of aliphatic hydroxyl groups excluding tert-OH is 1. The highest BCUT2D eigenvalue weighted by molar-refractivity contribution is 4.88. The van der Waals surface area contributed by atoms with Gasteiger partial charge in [-0.25, -0.2) is 14.6 Å². The Bertz CT molecular complexity index is 510. The molecule has 0 radical (unpaired) electrons. The van der Waals surface area contributed by atoms with Crippen LogP contribution in [0.4, 0.5) is 0 Å². The molecular weight excluding hydrogens is 244 g/mol. The van der Waals surface area contributed by atoms with Crippen LogP contribution in [0.2, 0.25) is 0 Å². The first-order valence-corrected chi connectivity index (χ1v) is 5.42. The van der Waals surface area contributed by atoms with E-state index in [0.29, 0.717) is 0 Å². The Hall–Kier alpha value is -1.48. The van der Waals surface area contributed by atoms with Gasteiger partial charge in [0.15, 0.2) is 0 Å². The fraction of sp³-hybridized carbons (Fsp3) is 0.600. The molecule has 0 aliphatic carbocycles. The second-order valence-electron chi connectivity index (χ2n) is 3.90. The van der Waals surface area contributed by atoms with Crippen LogP contribution in [0.25, 0.3) is 0 Å². The number of rotatable bonds is 4. The Balaban J connectivity index is 2.11. The summed E-state index contributed by atoms with van der Waals surface area (Å²) in [4.78, 5) is 33.7. The van der Waals surface area contributed by atoms with Crippen LogP contribution in [0.5, 0.6) is 0 Å². The summed E-state index contributed by atoms with van der Waals surface area (Å²) < 4.78 is 6.69. The minimum atomic E-state index is -0.760. The molecule has 0 unspecified atom stereocenters. The molecule has 100 valence electrons. The van der Waals surface area contributed by atoms with E-state index in [-0.39, 0.29) is 13.0 Å². The van der Waals surface area contributed by atoms with E-state index >= 15 is 0 Å². The minimum absolute atomic E-state index is 0.0618. The number of hydrogen-bond donors (Lipinski definition) is 2. The smallest absolute Gasteiger partial charge is 0.330 e. The monoisotopic (exact) mass is 258 g/mol. The van der Waals surface area contributed by atoms with Crippen molar-refractivity contribution in [2.75, 3.05) is 13.7 Å². The predicted molar refractivity (Wildman–Crippen MR) is 58.8 cm³/mol. The van der Waals surface area contributed by atoms with Crippen LogP contribution in [-0.4, -0.2) is 40.6 Å². The second kappa shape index (κ2) is 5.44. The lowest BCUT2D eigenvalue weighted by Crippen LogP contribution is -2.31. The van der Waals surface area contributed by atoms with E-state index in [4.69, 9.17) is 9.62 Å². The zero-order valence-electron chi connectivity index (χ0n) is 9.74. The summed E-state index contributed by atoms with van der Waals surface area (Å²) in [7, 11) is 1.35. The number of aromatic nitrogens is 2. The molecule has 1 aromatic rings. The molecule has 1 aromatic heterocycles. The lowest BCUT2D eigenvalue weighted by atomic mass is 10.2. The number of nitrogens with one attached hydrogen (secondary N) is 1. The van der Waals surface area contributed by atoms with Crippen molar-refractivity contribution in [3.63, 3.8) is 0 Å². The van der Waals surface area contributed by atoms with Gasteiger partial charge in [0.1, 0.15) is 18.9 Å². The average Bonchev–Trinajstić information content (AvgIpc) is 2.68. The first kappa shape index (κ1) is 13.0. The zero-order valence-corrected chi connectivity index (χ0v) is 9.74. The van der Waals surface area contributed by atoms with Crippen LogP contribution in [0.1, 0.15) is 12.6 Å². The molecule has 0 amide bonds. The third-order valence-electron chi connectivity index (χ3n) is 2.72. The molecule has 2 rings (SSSR count). The van der Waals surface area contributed by atoms with Gasteiger partial charge in [0, 0.05) is 18.7 Å². The molecule has 2 heterocycles. The standard InChI is InChI=1S/C10H14N2O6/c1-16-17-5-7-6(13)4-9(18-7)12-3-2-8(14)11-10(12)15/h2-3,6-7,9,13H,4-5H2,1H3,(H,11,14,15)/t6-,7+,9+/m0/s1. The van der Waals surface area contributed by atoms with Crippen LogP contribution in [-0.2, 0) is 14.5 Å². The largest absolute Gasteiger partial charge is 0.390 e. The predicted octanol–water partition coefficient (Wildman–Crippen LogP) is -1.24. The van der Waals surface area contributed by atoms with E-state index in [1.807, 2.05) is 0 Å². The first-order valence-electron chi connectivity index (χ1n) is 5.42. The van der Waals surface area contributed by atoms with E-state index in [1.165, 1.54) is 23.9 Å². The molecule has 0 aromatic carbocycles. The molecule has 18 heavy (non-hydrogen) atoms. The number of hydrogen-bond acceptors (Lipinski definition) is 6. The Labute approximate surface area is 102 Å². The molecule has 2 N–H and O–H groups in total. The maximum atomic E-state index is 11.5. The summed E-state index contributed by atoms with van der Waals surface area (Å²) in [5.74, 6) is 0. The van der Waals surface area contributed by atoms with Gasteiger partial charge in [0.2, 0.25) is 0 Å². The molecule has 1 saturated heterocycles. The molecule has 3 atom stereocenters. The van der Waals surface area contributed by atoms with Crippen LogP contribution in [0, 0.1) is 0 Å². The Kier molecular flexibility index (Phi) is 3.92. The van der Waals surface area contributed by atoms with Gasteiger partial charge < -0.3 is 9.84 Å². The Morgan fingerprint density at radius 1 is 1.61 bits per heavy atom. The third-order valence-corrected chi connectivity index (χ3v) is 2.72. The van der Waals surface area contributed by atoms with Crippen molar-refractivity contribution in [2.24, 2.45) is 0 Å². The van der Waals surface area contributed by atoms with Crippen molar-refractivity contribution in [3.05, 3.63) is 33.1 Å². The lowest BCUT2D eigenvalue weighted by molar-refractivity contribution is -0.290. The second-order valence-corrected chi connectivity index (χ2v) is 3.90. The van der Waals surface area contributed by atoms with Gasteiger partial charge in [-0.05, 0) is 0 Å². The maximum Gasteiger partial charge on any atom is 0.330 e. The molecule has 0 spiro atoms. The number of H-pyrrole nitrogens is 1. The summed E-state index contributed by atoms with van der Waals surface area (Å²) in [6.07, 6.45) is -0.394. The highest BCUT2D eigenvalue weighted by Gasteiger charge is 2.35. The van der Waals surface area contributed by atoms with Crippen molar-refractivity contribution in [1.29, 1.82) is 0 Å². The molecule has 1 fully saturated rings. The molecule has 0 saturated carbocycles. The van der Waals surface area contributed by atoms with Crippen LogP contribution in [0.3, 0.4) is 0 Å².